The van der Waals surface area contributed by atoms with Crippen LogP contribution in [0.2, 0.25) is 0 Å². The minimum Gasteiger partial charge on any atom is -0.394 e. The van der Waals surface area contributed by atoms with Crippen LogP contribution in [0.4, 0.5) is 0 Å². The summed E-state index contributed by atoms with van der Waals surface area (Å²) in [6.07, 6.45) is 0. The highest BCUT2D eigenvalue weighted by Crippen LogP contribution is 2.31. The molecule has 0 fully saturated rings. The van der Waals surface area contributed by atoms with Crippen molar-refractivity contribution >= 4 is 0 Å². The molecule has 0 aliphatic heterocycles. The monoisotopic (exact) mass is 401 g/mol. The number of hydrogen-bond donors (Lipinski definition) is 2. The molecule has 0 aliphatic rings. The van der Waals surface area contributed by atoms with Gasteiger partial charge in [0, 0.05) is 17.7 Å². The molecule has 0 amide bonds. The average molecular weight is 401 g/mol. The Labute approximate surface area is 175 Å². The molecular formula is C24H23N3O3. The van der Waals surface area contributed by atoms with E-state index >= 15 is 0 Å². The Balaban J connectivity index is 1.58. The van der Waals surface area contributed by atoms with E-state index in [1.807, 2.05) is 54.6 Å². The van der Waals surface area contributed by atoms with Crippen LogP contribution in [0.5, 0.6) is 0 Å². The molecule has 0 aliphatic carbocycles. The molecule has 2 N–H and O–H groups in total. The number of hydrogen-bond acceptors (Lipinski definition) is 6. The fourth-order valence-corrected chi connectivity index (χ4v) is 3.32. The van der Waals surface area contributed by atoms with Crippen LogP contribution in [0.25, 0.3) is 34.0 Å². The van der Waals surface area contributed by atoms with Gasteiger partial charge in [0.05, 0.1) is 13.2 Å². The molecule has 1 aromatic heterocycles. The second kappa shape index (κ2) is 9.45. The number of aliphatic hydroxyl groups is 1. The highest BCUT2D eigenvalue weighted by atomic mass is 16.6. The predicted molar refractivity (Wildman–Crippen MR) is 115 cm³/mol. The van der Waals surface area contributed by atoms with Crippen molar-refractivity contribution < 1.29 is 14.5 Å². The van der Waals surface area contributed by atoms with Gasteiger partial charge in [0.1, 0.15) is 0 Å². The number of benzene rings is 3. The van der Waals surface area contributed by atoms with Crippen molar-refractivity contribution in [3.8, 4) is 34.0 Å². The summed E-state index contributed by atoms with van der Waals surface area (Å²) in [4.78, 5) is 9.74. The summed E-state index contributed by atoms with van der Waals surface area (Å²) < 4.78 is 5.60. The molecule has 0 spiro atoms. The Morgan fingerprint density at radius 2 is 1.70 bits per heavy atom. The Hall–Kier alpha value is -3.32. The summed E-state index contributed by atoms with van der Waals surface area (Å²) in [5.41, 5.74) is 9.01. The maximum atomic E-state index is 8.76. The van der Waals surface area contributed by atoms with Gasteiger partial charge in [-0.05, 0) is 41.3 Å². The molecule has 6 nitrogen and oxygen atoms in total. The third-order valence-corrected chi connectivity index (χ3v) is 4.83. The van der Waals surface area contributed by atoms with E-state index in [4.69, 9.17) is 14.5 Å². The molecule has 152 valence electrons. The van der Waals surface area contributed by atoms with Crippen molar-refractivity contribution in [1.82, 2.24) is 15.6 Å². The van der Waals surface area contributed by atoms with Gasteiger partial charge < -0.3 is 9.63 Å². The predicted octanol–water partition coefficient (Wildman–Crippen LogP) is 4.39. The van der Waals surface area contributed by atoms with Crippen molar-refractivity contribution in [2.45, 2.75) is 13.5 Å². The summed E-state index contributed by atoms with van der Waals surface area (Å²) in [5, 5.41) is 12.9. The van der Waals surface area contributed by atoms with E-state index in [1.165, 1.54) is 0 Å². The minimum absolute atomic E-state index is 0.0242. The van der Waals surface area contributed by atoms with Crippen molar-refractivity contribution in [1.29, 1.82) is 0 Å². The summed E-state index contributed by atoms with van der Waals surface area (Å²) in [7, 11) is 0. The van der Waals surface area contributed by atoms with Crippen molar-refractivity contribution in [2.75, 3.05) is 13.2 Å². The molecule has 0 bridgehead atoms. The van der Waals surface area contributed by atoms with Gasteiger partial charge in [-0.1, -0.05) is 65.8 Å². The van der Waals surface area contributed by atoms with Gasteiger partial charge in [0.25, 0.3) is 5.89 Å². The highest BCUT2D eigenvalue weighted by molar-refractivity contribution is 5.75. The van der Waals surface area contributed by atoms with E-state index in [-0.39, 0.29) is 13.2 Å². The van der Waals surface area contributed by atoms with Crippen molar-refractivity contribution in [3.05, 3.63) is 83.9 Å². The van der Waals surface area contributed by atoms with E-state index in [9.17, 15) is 0 Å². The molecular weight excluding hydrogens is 378 g/mol. The van der Waals surface area contributed by atoms with Gasteiger partial charge in [-0.15, -0.1) is 0 Å². The third-order valence-electron chi connectivity index (χ3n) is 4.83. The van der Waals surface area contributed by atoms with Crippen LogP contribution in [-0.2, 0) is 11.4 Å². The van der Waals surface area contributed by atoms with E-state index in [2.05, 4.69) is 40.7 Å². The first-order chi connectivity index (χ1) is 14.8. The zero-order valence-electron chi connectivity index (χ0n) is 16.7. The minimum atomic E-state index is -0.0242. The van der Waals surface area contributed by atoms with Crippen LogP contribution in [0.15, 0.2) is 77.3 Å². The van der Waals surface area contributed by atoms with Crippen molar-refractivity contribution in [3.63, 3.8) is 0 Å². The molecule has 0 saturated heterocycles. The Morgan fingerprint density at radius 3 is 2.53 bits per heavy atom. The fraction of sp³-hybridized carbons (Fsp3) is 0.167. The maximum Gasteiger partial charge on any atom is 0.258 e. The molecule has 1 heterocycles. The average Bonchev–Trinajstić information content (AvgIpc) is 3.28. The van der Waals surface area contributed by atoms with Gasteiger partial charge in [0.2, 0.25) is 5.82 Å². The van der Waals surface area contributed by atoms with Gasteiger partial charge >= 0.3 is 0 Å². The molecule has 30 heavy (non-hydrogen) atoms. The topological polar surface area (TPSA) is 80.4 Å². The number of aliphatic hydroxyl groups excluding tert-OH is 1. The van der Waals surface area contributed by atoms with Crippen LogP contribution < -0.4 is 5.48 Å². The second-order valence-corrected chi connectivity index (χ2v) is 6.86. The number of nitrogens with zero attached hydrogens (tertiary/aromatic N) is 2. The van der Waals surface area contributed by atoms with Gasteiger partial charge in [-0.25, -0.2) is 0 Å². The van der Waals surface area contributed by atoms with E-state index < -0.39 is 0 Å². The van der Waals surface area contributed by atoms with Gasteiger partial charge in [0.15, 0.2) is 0 Å². The van der Waals surface area contributed by atoms with Crippen molar-refractivity contribution in [2.24, 2.45) is 0 Å². The highest BCUT2D eigenvalue weighted by Gasteiger charge is 2.15. The molecule has 0 atom stereocenters. The van der Waals surface area contributed by atoms with Gasteiger partial charge in [-0.2, -0.15) is 10.5 Å². The Morgan fingerprint density at radius 1 is 0.933 bits per heavy atom. The van der Waals surface area contributed by atoms with Crippen LogP contribution in [0, 0.1) is 6.92 Å². The smallest absolute Gasteiger partial charge is 0.258 e. The third kappa shape index (κ3) is 4.46. The lowest BCUT2D eigenvalue weighted by Crippen LogP contribution is -2.16. The molecule has 4 rings (SSSR count). The van der Waals surface area contributed by atoms with E-state index in [0.717, 1.165) is 33.4 Å². The first-order valence-corrected chi connectivity index (χ1v) is 9.80. The van der Waals surface area contributed by atoms with Crippen LogP contribution >= 0.6 is 0 Å². The normalized spacial score (nSPS) is 11.0. The van der Waals surface area contributed by atoms with Gasteiger partial charge in [-0.3, -0.25) is 4.84 Å². The van der Waals surface area contributed by atoms with E-state index in [1.54, 1.807) is 0 Å². The molecule has 3 aromatic carbocycles. The molecule has 6 heteroatoms. The number of rotatable bonds is 8. The zero-order valence-corrected chi connectivity index (χ0v) is 16.7. The summed E-state index contributed by atoms with van der Waals surface area (Å²) >= 11 is 0. The van der Waals surface area contributed by atoms with Crippen LogP contribution in [-0.4, -0.2) is 28.5 Å². The van der Waals surface area contributed by atoms with Crippen LogP contribution in [0.3, 0.4) is 0 Å². The number of nitrogens with one attached hydrogen (secondary N) is 1. The summed E-state index contributed by atoms with van der Waals surface area (Å²) in [5.74, 6) is 1.03. The summed E-state index contributed by atoms with van der Waals surface area (Å²) in [6, 6.07) is 24.2. The molecule has 0 unspecified atom stereocenters. The maximum absolute atomic E-state index is 8.76. The summed E-state index contributed by atoms with van der Waals surface area (Å²) in [6.45, 7) is 2.80. The molecule has 0 saturated carbocycles. The first-order valence-electron chi connectivity index (χ1n) is 9.80. The standard InChI is InChI=1S/C24H23N3O3/c1-17-21(19-8-3-2-4-9-19)11-6-12-22(17)24-26-23(27-30-24)20-10-5-7-18(15-20)16-25-29-14-13-28/h2-12,15,25,28H,13-14,16H2,1H3. The molecule has 4 aromatic rings. The fourth-order valence-electron chi connectivity index (χ4n) is 3.32. The number of hydroxylamine groups is 1. The van der Waals surface area contributed by atoms with Crippen LogP contribution in [0.1, 0.15) is 11.1 Å². The zero-order chi connectivity index (χ0) is 20.8. The largest absolute Gasteiger partial charge is 0.394 e. The SMILES string of the molecule is Cc1c(-c2ccccc2)cccc1-c1nc(-c2cccc(CNOCCO)c2)no1. The first kappa shape index (κ1) is 20.0. The number of aromatic nitrogens is 2. The Kier molecular flexibility index (Phi) is 6.29. The molecule has 0 radical (unpaired) electrons. The lowest BCUT2D eigenvalue weighted by Gasteiger charge is -2.08. The van der Waals surface area contributed by atoms with E-state index in [0.29, 0.717) is 18.3 Å². The second-order valence-electron chi connectivity index (χ2n) is 6.86. The lowest BCUT2D eigenvalue weighted by molar-refractivity contribution is 0.0138. The Bertz CT molecular complexity index is 1110. The quantitative estimate of drug-likeness (QED) is 0.337. The lowest BCUT2D eigenvalue weighted by atomic mass is 9.96.